The lowest BCUT2D eigenvalue weighted by Gasteiger charge is -2.39. The first kappa shape index (κ1) is 34.7. The lowest BCUT2D eigenvalue weighted by molar-refractivity contribution is 0.122. The fourth-order valence-corrected chi connectivity index (χ4v) is 9.78. The molecular weight excluding hydrogens is 693 g/mol. The van der Waals surface area contributed by atoms with Crippen LogP contribution in [-0.4, -0.2) is 51.6 Å². The number of rotatable bonds is 6. The summed E-state index contributed by atoms with van der Waals surface area (Å²) in [5.74, 6) is 1.93. The molecule has 0 spiro atoms. The molecule has 2 saturated heterocycles. The van der Waals surface area contributed by atoms with Gasteiger partial charge in [-0.25, -0.2) is 0 Å². The molecule has 0 radical (unpaired) electrons. The Morgan fingerprint density at radius 1 is 0.696 bits per heavy atom. The topological polar surface area (TPSA) is 54.4 Å². The third kappa shape index (κ3) is 5.48. The van der Waals surface area contributed by atoms with Crippen molar-refractivity contribution >= 4 is 28.2 Å². The second-order valence-electron chi connectivity index (χ2n) is 16.2. The van der Waals surface area contributed by atoms with E-state index < -0.39 is 5.60 Å². The Kier molecular flexibility index (Phi) is 8.37. The van der Waals surface area contributed by atoms with Gasteiger partial charge in [-0.3, -0.25) is 0 Å². The summed E-state index contributed by atoms with van der Waals surface area (Å²) in [6, 6.07) is 38.6. The molecule has 2 fully saturated rings. The Labute approximate surface area is 329 Å². The zero-order chi connectivity index (χ0) is 38.0. The number of phenols is 1. The molecule has 6 aromatic carbocycles. The fraction of sp³-hybridized carbons (Fsp3) is 0.280. The van der Waals surface area contributed by atoms with Crippen LogP contribution in [0.2, 0.25) is 0 Å². The minimum absolute atomic E-state index is 0.222. The molecule has 6 aromatic rings. The number of piperidine rings is 1. The summed E-state index contributed by atoms with van der Waals surface area (Å²) >= 11 is 0. The first-order valence-electron chi connectivity index (χ1n) is 20.1. The maximum atomic E-state index is 10.4. The lowest BCUT2D eigenvalue weighted by Crippen LogP contribution is -2.37. The number of ether oxygens (including phenoxy) is 3. The van der Waals surface area contributed by atoms with E-state index in [1.54, 1.807) is 19.2 Å². The molecule has 3 aliphatic heterocycles. The van der Waals surface area contributed by atoms with Gasteiger partial charge in [-0.2, -0.15) is 0 Å². The number of phenolic OH excluding ortho intramolecular Hbond substituents is 1. The third-order valence-corrected chi connectivity index (χ3v) is 12.7. The van der Waals surface area contributed by atoms with Crippen LogP contribution in [0.1, 0.15) is 60.9 Å². The van der Waals surface area contributed by atoms with Gasteiger partial charge in [-0.05, 0) is 107 Å². The Hall–Kier alpha value is -5.72. The van der Waals surface area contributed by atoms with Crippen molar-refractivity contribution in [3.8, 4) is 39.5 Å². The van der Waals surface area contributed by atoms with Crippen molar-refractivity contribution < 1.29 is 19.3 Å². The van der Waals surface area contributed by atoms with Gasteiger partial charge >= 0.3 is 0 Å². The molecule has 282 valence electrons. The van der Waals surface area contributed by atoms with E-state index in [2.05, 4.69) is 121 Å². The Bertz CT molecular complexity index is 2480. The number of nitrogens with zero attached hydrogens (tertiary/aromatic N) is 2. The van der Waals surface area contributed by atoms with Crippen molar-refractivity contribution in [1.82, 2.24) is 0 Å². The van der Waals surface area contributed by atoms with Gasteiger partial charge in [0.1, 0.15) is 17.2 Å². The standard InChI is InChI=1S/C50H48N2O4/c1-49(2)43-30-34(33-10-6-4-7-11-33)12-21-39(43)46-41-31-44(52-24-8-5-9-25-52)45(54-3)32-42(41)48-40(47(46)49)22-23-50(56-48,36-15-19-38(53)20-16-36)35-13-17-37(18-14-35)51-26-28-55-29-27-51/h4,6-7,10-23,30-32,53H,5,8-9,24-29H2,1-3H3. The second kappa shape index (κ2) is 13.5. The van der Waals surface area contributed by atoms with E-state index in [4.69, 9.17) is 14.2 Å². The van der Waals surface area contributed by atoms with E-state index in [9.17, 15) is 5.11 Å². The van der Waals surface area contributed by atoms with Crippen LogP contribution in [0.5, 0.6) is 17.2 Å². The van der Waals surface area contributed by atoms with Crippen LogP contribution >= 0.6 is 0 Å². The average molecular weight is 741 g/mol. The second-order valence-corrected chi connectivity index (χ2v) is 16.2. The monoisotopic (exact) mass is 740 g/mol. The van der Waals surface area contributed by atoms with Crippen molar-refractivity contribution in [2.45, 2.75) is 44.1 Å². The summed E-state index contributed by atoms with van der Waals surface area (Å²) in [5, 5.41) is 12.6. The Balaban J connectivity index is 1.21. The number of morpholine rings is 1. The first-order valence-corrected chi connectivity index (χ1v) is 20.1. The molecule has 0 aromatic heterocycles. The van der Waals surface area contributed by atoms with E-state index in [1.807, 2.05) is 12.1 Å². The van der Waals surface area contributed by atoms with Gasteiger partial charge in [0.25, 0.3) is 0 Å². The summed E-state index contributed by atoms with van der Waals surface area (Å²) < 4.78 is 19.5. The molecule has 3 heterocycles. The highest BCUT2D eigenvalue weighted by molar-refractivity contribution is 6.10. The zero-order valence-corrected chi connectivity index (χ0v) is 32.5. The molecule has 0 saturated carbocycles. The van der Waals surface area contributed by atoms with E-state index >= 15 is 0 Å². The quantitative estimate of drug-likeness (QED) is 0.184. The molecule has 6 nitrogen and oxygen atoms in total. The highest BCUT2D eigenvalue weighted by Crippen LogP contribution is 2.59. The van der Waals surface area contributed by atoms with Crippen LogP contribution in [-0.2, 0) is 15.8 Å². The van der Waals surface area contributed by atoms with Crippen LogP contribution in [0.25, 0.3) is 39.1 Å². The number of fused-ring (bicyclic) bond motifs is 8. The fourth-order valence-electron chi connectivity index (χ4n) is 9.78. The Morgan fingerprint density at radius 2 is 1.41 bits per heavy atom. The highest BCUT2D eigenvalue weighted by atomic mass is 16.5. The van der Waals surface area contributed by atoms with Crippen molar-refractivity contribution in [3.05, 3.63) is 143 Å². The first-order chi connectivity index (χ1) is 27.4. The third-order valence-electron chi connectivity index (χ3n) is 12.7. The van der Waals surface area contributed by atoms with Gasteiger partial charge in [0.15, 0.2) is 5.60 Å². The summed E-state index contributed by atoms with van der Waals surface area (Å²) in [4.78, 5) is 4.88. The predicted molar refractivity (Wildman–Crippen MR) is 228 cm³/mol. The zero-order valence-electron chi connectivity index (χ0n) is 32.5. The number of methoxy groups -OCH3 is 1. The molecule has 10 rings (SSSR count). The molecule has 1 aliphatic carbocycles. The summed E-state index contributed by atoms with van der Waals surface area (Å²) in [5.41, 5.74) is 11.7. The van der Waals surface area contributed by atoms with Crippen molar-refractivity contribution in [2.24, 2.45) is 0 Å². The van der Waals surface area contributed by atoms with Gasteiger partial charge in [0.2, 0.25) is 0 Å². The lowest BCUT2D eigenvalue weighted by atomic mass is 9.76. The Morgan fingerprint density at radius 3 is 2.12 bits per heavy atom. The van der Waals surface area contributed by atoms with Crippen LogP contribution in [0, 0.1) is 0 Å². The maximum absolute atomic E-state index is 10.4. The van der Waals surface area contributed by atoms with Crippen LogP contribution in [0.3, 0.4) is 0 Å². The molecule has 0 amide bonds. The van der Waals surface area contributed by atoms with E-state index in [0.29, 0.717) is 0 Å². The van der Waals surface area contributed by atoms with Crippen molar-refractivity contribution in [3.63, 3.8) is 0 Å². The molecule has 0 bridgehead atoms. The number of hydrogen-bond donors (Lipinski definition) is 1. The van der Waals surface area contributed by atoms with Crippen molar-refractivity contribution in [1.29, 1.82) is 0 Å². The highest BCUT2D eigenvalue weighted by Gasteiger charge is 2.45. The molecule has 56 heavy (non-hydrogen) atoms. The van der Waals surface area contributed by atoms with E-state index in [1.165, 1.54) is 63.7 Å². The van der Waals surface area contributed by atoms with E-state index in [-0.39, 0.29) is 11.2 Å². The minimum Gasteiger partial charge on any atom is -0.508 e. The normalized spacial score (nSPS) is 19.6. The van der Waals surface area contributed by atoms with Crippen molar-refractivity contribution in [2.75, 3.05) is 56.3 Å². The maximum Gasteiger partial charge on any atom is 0.178 e. The van der Waals surface area contributed by atoms with Gasteiger partial charge in [0, 0.05) is 59.4 Å². The molecule has 1 unspecified atom stereocenters. The number of hydrogen-bond acceptors (Lipinski definition) is 6. The molecule has 1 atom stereocenters. The van der Waals surface area contributed by atoms with E-state index in [0.717, 1.165) is 78.7 Å². The van der Waals surface area contributed by atoms with Gasteiger partial charge in [-0.1, -0.05) is 86.7 Å². The van der Waals surface area contributed by atoms with Crippen LogP contribution < -0.4 is 19.3 Å². The number of benzene rings is 6. The molecular formula is C50H48N2O4. The van der Waals surface area contributed by atoms with Gasteiger partial charge in [-0.15, -0.1) is 0 Å². The largest absolute Gasteiger partial charge is 0.508 e. The smallest absolute Gasteiger partial charge is 0.178 e. The number of anilines is 2. The summed E-state index contributed by atoms with van der Waals surface area (Å²) in [7, 11) is 1.79. The average Bonchev–Trinajstić information content (AvgIpc) is 3.50. The summed E-state index contributed by atoms with van der Waals surface area (Å²) in [6.45, 7) is 9.97. The minimum atomic E-state index is -0.958. The summed E-state index contributed by atoms with van der Waals surface area (Å²) in [6.07, 6.45) is 8.14. The molecule has 1 N–H and O–H groups in total. The number of aromatic hydroxyl groups is 1. The van der Waals surface area contributed by atoms with Gasteiger partial charge in [0.05, 0.1) is 26.0 Å². The molecule has 4 aliphatic rings. The van der Waals surface area contributed by atoms with Crippen LogP contribution in [0.4, 0.5) is 11.4 Å². The molecule has 6 heteroatoms. The van der Waals surface area contributed by atoms with Gasteiger partial charge < -0.3 is 29.1 Å². The predicted octanol–water partition coefficient (Wildman–Crippen LogP) is 10.7. The van der Waals surface area contributed by atoms with Crippen LogP contribution in [0.15, 0.2) is 115 Å². The SMILES string of the molecule is COc1cc2c3c(c4c(c2cc1N1CCCCC1)-c1ccc(-c2ccccc2)cc1C4(C)C)C=CC(c1ccc(O)cc1)(c1ccc(N2CCOCC2)cc1)O3.